The van der Waals surface area contributed by atoms with Gasteiger partial charge in [0.2, 0.25) is 0 Å². The molecule has 0 spiro atoms. The maximum atomic E-state index is 5.96. The Morgan fingerprint density at radius 1 is 1.21 bits per heavy atom. The summed E-state index contributed by atoms with van der Waals surface area (Å²) in [4.78, 5) is 22.6. The Hall–Kier alpha value is -2.80. The number of H-pyrrole nitrogens is 1. The predicted octanol–water partition coefficient (Wildman–Crippen LogP) is 3.82. The van der Waals surface area contributed by atoms with Crippen molar-refractivity contribution in [3.8, 4) is 11.4 Å². The average molecular weight is 374 g/mol. The minimum atomic E-state index is -0.414. The number of hydrogen-bond donors (Lipinski definition) is 1. The molecule has 1 fully saturated rings. The summed E-state index contributed by atoms with van der Waals surface area (Å²) in [5.41, 5.74) is 5.53. The molecule has 0 radical (unpaired) electrons. The van der Waals surface area contributed by atoms with Crippen molar-refractivity contribution >= 4 is 22.2 Å². The van der Waals surface area contributed by atoms with Gasteiger partial charge >= 0.3 is 0 Å². The maximum Gasteiger partial charge on any atom is 0.164 e. The fourth-order valence-electron chi connectivity index (χ4n) is 4.18. The summed E-state index contributed by atoms with van der Waals surface area (Å²) in [6.45, 7) is 7.66. The van der Waals surface area contributed by atoms with Crippen LogP contribution in [-0.4, -0.2) is 36.1 Å². The number of nitrogens with one attached hydrogen (secondary N) is 1. The summed E-state index contributed by atoms with van der Waals surface area (Å²) in [5, 5.41) is 1.11. The number of aromatic nitrogens is 6. The topological polar surface area (TPSA) is 81.5 Å². The van der Waals surface area contributed by atoms with Crippen LogP contribution in [0.4, 0.5) is 0 Å². The van der Waals surface area contributed by atoms with Crippen LogP contribution in [0.15, 0.2) is 18.5 Å². The first-order chi connectivity index (χ1) is 13.5. The molecule has 0 bridgehead atoms. The quantitative estimate of drug-likeness (QED) is 0.577. The third kappa shape index (κ3) is 2.26. The van der Waals surface area contributed by atoms with E-state index >= 15 is 0 Å². The van der Waals surface area contributed by atoms with E-state index in [9.17, 15) is 0 Å². The van der Waals surface area contributed by atoms with Gasteiger partial charge < -0.3 is 14.3 Å². The van der Waals surface area contributed by atoms with Gasteiger partial charge in [0.05, 0.1) is 12.3 Å². The molecule has 142 valence electrons. The zero-order valence-electron chi connectivity index (χ0n) is 16.3. The van der Waals surface area contributed by atoms with Gasteiger partial charge in [0, 0.05) is 35.8 Å². The van der Waals surface area contributed by atoms with Crippen molar-refractivity contribution in [2.75, 3.05) is 6.61 Å². The standard InChI is InChI=1S/C21H22N6O/c1-11-9-22-18-14(11)8-13(10-23-18)17-24-15(12-4-5-12)16-19(26-17)27-6-7-28-21(2,3)20(27)25-16/h8-10,12H,4-7H2,1-3H3,(H,22,23). The van der Waals surface area contributed by atoms with E-state index in [-0.39, 0.29) is 0 Å². The van der Waals surface area contributed by atoms with Crippen molar-refractivity contribution in [3.63, 3.8) is 0 Å². The molecule has 0 saturated heterocycles. The molecule has 6 rings (SSSR count). The first-order valence-corrected chi connectivity index (χ1v) is 9.88. The Labute approximate surface area is 162 Å². The highest BCUT2D eigenvalue weighted by atomic mass is 16.5. The van der Waals surface area contributed by atoms with E-state index < -0.39 is 5.60 Å². The van der Waals surface area contributed by atoms with Gasteiger partial charge in [0.25, 0.3) is 0 Å². The van der Waals surface area contributed by atoms with Crippen LogP contribution < -0.4 is 0 Å². The number of rotatable bonds is 2. The van der Waals surface area contributed by atoms with E-state index in [0.29, 0.717) is 12.5 Å². The Bertz CT molecular complexity index is 1250. The molecule has 7 heteroatoms. The van der Waals surface area contributed by atoms with Gasteiger partial charge in [-0.1, -0.05) is 0 Å². The number of ether oxygens (including phenoxy) is 1. The summed E-state index contributed by atoms with van der Waals surface area (Å²) in [5.74, 6) is 2.16. The van der Waals surface area contributed by atoms with Crippen molar-refractivity contribution in [3.05, 3.63) is 35.5 Å². The summed E-state index contributed by atoms with van der Waals surface area (Å²) in [6.07, 6.45) is 6.18. The zero-order chi connectivity index (χ0) is 19.0. The SMILES string of the molecule is Cc1c[nH]c2ncc(-c3nc(C4CC4)c4nc5n(c4n3)CCOC5(C)C)cc12. The fourth-order valence-corrected chi connectivity index (χ4v) is 4.18. The number of imidazole rings is 1. The van der Waals surface area contributed by atoms with E-state index in [0.717, 1.165) is 51.6 Å². The Morgan fingerprint density at radius 3 is 2.89 bits per heavy atom. The molecule has 0 atom stereocenters. The van der Waals surface area contributed by atoms with Gasteiger partial charge in [0.15, 0.2) is 11.5 Å². The molecule has 5 heterocycles. The van der Waals surface area contributed by atoms with Crippen molar-refractivity contribution < 1.29 is 4.74 Å². The Balaban J connectivity index is 1.62. The second-order valence-corrected chi connectivity index (χ2v) is 8.42. The molecule has 1 aliphatic heterocycles. The summed E-state index contributed by atoms with van der Waals surface area (Å²) in [6, 6.07) is 2.13. The molecule has 0 unspecified atom stereocenters. The minimum absolute atomic E-state index is 0.414. The van der Waals surface area contributed by atoms with Crippen LogP contribution in [-0.2, 0) is 16.9 Å². The third-order valence-corrected chi connectivity index (χ3v) is 5.90. The van der Waals surface area contributed by atoms with Crippen LogP contribution >= 0.6 is 0 Å². The van der Waals surface area contributed by atoms with Gasteiger partial charge in [-0.3, -0.25) is 0 Å². The lowest BCUT2D eigenvalue weighted by atomic mass is 10.1. The smallest absolute Gasteiger partial charge is 0.164 e. The maximum absolute atomic E-state index is 5.96. The fraction of sp³-hybridized carbons (Fsp3) is 0.429. The Kier molecular flexibility index (Phi) is 3.11. The van der Waals surface area contributed by atoms with Crippen LogP contribution in [0, 0.1) is 6.92 Å². The molecular formula is C21H22N6O. The molecule has 4 aromatic heterocycles. The van der Waals surface area contributed by atoms with Gasteiger partial charge in [-0.15, -0.1) is 0 Å². The van der Waals surface area contributed by atoms with Crippen LogP contribution in [0.3, 0.4) is 0 Å². The molecular weight excluding hydrogens is 352 g/mol. The number of nitrogens with zero attached hydrogens (tertiary/aromatic N) is 5. The zero-order valence-corrected chi connectivity index (χ0v) is 16.3. The third-order valence-electron chi connectivity index (χ3n) is 5.90. The van der Waals surface area contributed by atoms with Gasteiger partial charge in [0.1, 0.15) is 22.6 Å². The van der Waals surface area contributed by atoms with E-state index in [1.807, 2.05) is 12.4 Å². The molecule has 1 saturated carbocycles. The van der Waals surface area contributed by atoms with Gasteiger partial charge in [-0.2, -0.15) is 0 Å². The number of aryl methyl sites for hydroxylation is 1. The lowest BCUT2D eigenvalue weighted by Gasteiger charge is -2.30. The lowest BCUT2D eigenvalue weighted by molar-refractivity contribution is -0.0530. The molecule has 28 heavy (non-hydrogen) atoms. The highest BCUT2D eigenvalue weighted by Gasteiger charge is 2.36. The van der Waals surface area contributed by atoms with Crippen molar-refractivity contribution in [2.45, 2.75) is 51.7 Å². The molecule has 1 N–H and O–H groups in total. The lowest BCUT2D eigenvalue weighted by Crippen LogP contribution is -2.33. The van der Waals surface area contributed by atoms with Gasteiger partial charge in [-0.05, 0) is 45.2 Å². The predicted molar refractivity (Wildman–Crippen MR) is 106 cm³/mol. The minimum Gasteiger partial charge on any atom is -0.366 e. The molecule has 2 aliphatic rings. The first-order valence-electron chi connectivity index (χ1n) is 9.88. The number of fused-ring (bicyclic) bond motifs is 4. The van der Waals surface area contributed by atoms with Crippen LogP contribution in [0.25, 0.3) is 33.6 Å². The highest BCUT2D eigenvalue weighted by molar-refractivity contribution is 5.84. The van der Waals surface area contributed by atoms with Crippen molar-refractivity contribution in [2.24, 2.45) is 0 Å². The summed E-state index contributed by atoms with van der Waals surface area (Å²) in [7, 11) is 0. The molecule has 4 aromatic rings. The van der Waals surface area contributed by atoms with E-state index in [2.05, 4.69) is 41.4 Å². The average Bonchev–Trinajstić information content (AvgIpc) is 3.36. The molecule has 0 amide bonds. The second kappa shape index (κ2) is 5.38. The molecule has 7 nitrogen and oxygen atoms in total. The van der Waals surface area contributed by atoms with Crippen LogP contribution in [0.2, 0.25) is 0 Å². The van der Waals surface area contributed by atoms with Crippen molar-refractivity contribution in [1.82, 2.24) is 29.5 Å². The van der Waals surface area contributed by atoms with E-state index in [4.69, 9.17) is 19.7 Å². The number of hydrogen-bond acceptors (Lipinski definition) is 5. The first kappa shape index (κ1) is 16.2. The van der Waals surface area contributed by atoms with E-state index in [1.54, 1.807) is 0 Å². The van der Waals surface area contributed by atoms with Crippen LogP contribution in [0.1, 0.15) is 49.7 Å². The Morgan fingerprint density at radius 2 is 2.07 bits per heavy atom. The molecule has 1 aliphatic carbocycles. The van der Waals surface area contributed by atoms with Crippen LogP contribution in [0.5, 0.6) is 0 Å². The summed E-state index contributed by atoms with van der Waals surface area (Å²) < 4.78 is 8.17. The van der Waals surface area contributed by atoms with Crippen molar-refractivity contribution in [1.29, 1.82) is 0 Å². The summed E-state index contributed by atoms with van der Waals surface area (Å²) >= 11 is 0. The number of aromatic amines is 1. The second-order valence-electron chi connectivity index (χ2n) is 8.42. The largest absolute Gasteiger partial charge is 0.366 e. The highest BCUT2D eigenvalue weighted by Crippen LogP contribution is 2.43. The monoisotopic (exact) mass is 374 g/mol. The molecule has 0 aromatic carbocycles. The normalized spacial score (nSPS) is 18.7. The van der Waals surface area contributed by atoms with Gasteiger partial charge in [-0.25, -0.2) is 19.9 Å². The van der Waals surface area contributed by atoms with E-state index in [1.165, 1.54) is 18.4 Å². The number of pyridine rings is 1.